The summed E-state index contributed by atoms with van der Waals surface area (Å²) in [6.45, 7) is 3.66. The van der Waals surface area contributed by atoms with Crippen LogP contribution in [0.3, 0.4) is 0 Å². The second kappa shape index (κ2) is 6.08. The van der Waals surface area contributed by atoms with Gasteiger partial charge in [0.25, 0.3) is 0 Å². The predicted octanol–water partition coefficient (Wildman–Crippen LogP) is 0.516. The number of piperidine rings is 2. The number of alkyl carbamates (subject to hydrolysis) is 1. The van der Waals surface area contributed by atoms with Crippen molar-refractivity contribution in [3.8, 4) is 0 Å². The van der Waals surface area contributed by atoms with Crippen LogP contribution < -0.4 is 15.1 Å². The molecule has 0 aliphatic carbocycles. The molecular formula is C16H23N5O3. The van der Waals surface area contributed by atoms with Gasteiger partial charge in [0.15, 0.2) is 0 Å². The molecule has 0 saturated carbocycles. The fourth-order valence-corrected chi connectivity index (χ4v) is 3.73. The molecule has 0 radical (unpaired) electrons. The molecule has 3 aliphatic rings. The monoisotopic (exact) mass is 333 g/mol. The molecule has 1 spiro atoms. The van der Waals surface area contributed by atoms with Crippen LogP contribution in [-0.2, 0) is 4.74 Å². The molecule has 8 nitrogen and oxygen atoms in total. The molecule has 4 heterocycles. The summed E-state index contributed by atoms with van der Waals surface area (Å²) in [5, 5.41) is 12.6. The zero-order valence-corrected chi connectivity index (χ0v) is 13.6. The lowest BCUT2D eigenvalue weighted by Gasteiger charge is -2.37. The highest BCUT2D eigenvalue weighted by atomic mass is 16.6. The molecule has 130 valence electrons. The number of carbonyl (C=O) groups is 1. The van der Waals surface area contributed by atoms with Crippen molar-refractivity contribution in [3.63, 3.8) is 0 Å². The molecule has 4 rings (SSSR count). The number of ether oxygens (including phenoxy) is 1. The van der Waals surface area contributed by atoms with Crippen molar-refractivity contribution >= 4 is 17.9 Å². The van der Waals surface area contributed by atoms with Crippen molar-refractivity contribution in [1.82, 2.24) is 15.3 Å². The molecule has 3 saturated heterocycles. The zero-order valence-electron chi connectivity index (χ0n) is 13.6. The molecule has 1 amide bonds. The molecule has 24 heavy (non-hydrogen) atoms. The van der Waals surface area contributed by atoms with Crippen molar-refractivity contribution in [3.05, 3.63) is 12.3 Å². The van der Waals surface area contributed by atoms with Crippen molar-refractivity contribution in [2.24, 2.45) is 0 Å². The van der Waals surface area contributed by atoms with E-state index in [1.807, 2.05) is 6.07 Å². The largest absolute Gasteiger partial charge is 0.441 e. The summed E-state index contributed by atoms with van der Waals surface area (Å²) >= 11 is 0. The topological polar surface area (TPSA) is 90.8 Å². The predicted molar refractivity (Wildman–Crippen MR) is 88.1 cm³/mol. The van der Waals surface area contributed by atoms with E-state index in [2.05, 4.69) is 20.1 Å². The van der Waals surface area contributed by atoms with E-state index in [-0.39, 0.29) is 17.8 Å². The maximum absolute atomic E-state index is 11.3. The number of rotatable bonds is 2. The van der Waals surface area contributed by atoms with Gasteiger partial charge in [0, 0.05) is 45.2 Å². The van der Waals surface area contributed by atoms with Crippen LogP contribution in [0, 0.1) is 0 Å². The van der Waals surface area contributed by atoms with Crippen LogP contribution in [-0.4, -0.2) is 65.6 Å². The van der Waals surface area contributed by atoms with E-state index < -0.39 is 0 Å². The molecule has 1 aromatic rings. The lowest BCUT2D eigenvalue weighted by Crippen LogP contribution is -2.47. The molecule has 3 aliphatic heterocycles. The molecule has 3 fully saturated rings. The minimum Gasteiger partial charge on any atom is -0.441 e. The van der Waals surface area contributed by atoms with Gasteiger partial charge in [0.05, 0.1) is 12.6 Å². The molecular weight excluding hydrogens is 310 g/mol. The van der Waals surface area contributed by atoms with Crippen LogP contribution in [0.1, 0.15) is 25.7 Å². The van der Waals surface area contributed by atoms with Gasteiger partial charge in [-0.15, -0.1) is 0 Å². The minimum absolute atomic E-state index is 0.281. The highest BCUT2D eigenvalue weighted by Gasteiger charge is 2.43. The third kappa shape index (κ3) is 2.98. The van der Waals surface area contributed by atoms with E-state index in [1.165, 1.54) is 0 Å². The number of nitrogens with zero attached hydrogens (tertiary/aromatic N) is 4. The molecule has 1 atom stereocenters. The van der Waals surface area contributed by atoms with Gasteiger partial charge in [-0.05, 0) is 18.9 Å². The van der Waals surface area contributed by atoms with E-state index in [1.54, 1.807) is 6.20 Å². The zero-order chi connectivity index (χ0) is 16.6. The van der Waals surface area contributed by atoms with E-state index in [0.717, 1.165) is 51.1 Å². The van der Waals surface area contributed by atoms with Crippen molar-refractivity contribution < 1.29 is 14.6 Å². The summed E-state index contributed by atoms with van der Waals surface area (Å²) < 4.78 is 5.45. The Morgan fingerprint density at radius 3 is 2.83 bits per heavy atom. The Bertz CT molecular complexity index is 617. The number of β-amino-alcohol motifs (C(OH)–C–C–N with tert-alkyl or cyclic N) is 1. The minimum atomic E-state index is -0.359. The standard InChI is InChI=1S/C16H23N5O3/c22-12-2-1-7-21(10-12)13-3-6-17-14(19-13)20-8-4-16(5-9-20)11-18-15(23)24-16/h3,6,12,22H,1-2,4-5,7-11H2,(H,18,23). The van der Waals surface area contributed by atoms with Gasteiger partial charge >= 0.3 is 6.09 Å². The van der Waals surface area contributed by atoms with Crippen LogP contribution in [0.5, 0.6) is 0 Å². The third-order valence-corrected chi connectivity index (χ3v) is 5.17. The number of amides is 1. The summed E-state index contributed by atoms with van der Waals surface area (Å²) in [5.41, 5.74) is -0.359. The number of aliphatic hydroxyl groups is 1. The Morgan fingerprint density at radius 1 is 1.29 bits per heavy atom. The number of hydrogen-bond donors (Lipinski definition) is 2. The SMILES string of the molecule is O=C1NCC2(CCN(c3nccc(N4CCCC(O)C4)n3)CC2)O1. The first kappa shape index (κ1) is 15.4. The highest BCUT2D eigenvalue weighted by Crippen LogP contribution is 2.31. The average molecular weight is 333 g/mol. The fourth-order valence-electron chi connectivity index (χ4n) is 3.73. The smallest absolute Gasteiger partial charge is 0.407 e. The van der Waals surface area contributed by atoms with Gasteiger partial charge in [-0.1, -0.05) is 0 Å². The lowest BCUT2D eigenvalue weighted by molar-refractivity contribution is 0.0364. The molecule has 1 unspecified atom stereocenters. The molecule has 0 aromatic carbocycles. The van der Waals surface area contributed by atoms with E-state index in [9.17, 15) is 9.90 Å². The van der Waals surface area contributed by atoms with Crippen molar-refractivity contribution in [1.29, 1.82) is 0 Å². The van der Waals surface area contributed by atoms with Crippen LogP contribution in [0.15, 0.2) is 12.3 Å². The Labute approximate surface area is 140 Å². The number of carbonyl (C=O) groups excluding carboxylic acids is 1. The number of anilines is 2. The van der Waals surface area contributed by atoms with Crippen molar-refractivity contribution in [2.45, 2.75) is 37.4 Å². The first-order valence-electron chi connectivity index (χ1n) is 8.61. The summed E-state index contributed by atoms with van der Waals surface area (Å²) in [4.78, 5) is 24.7. The summed E-state index contributed by atoms with van der Waals surface area (Å²) in [7, 11) is 0. The maximum atomic E-state index is 11.3. The van der Waals surface area contributed by atoms with Crippen LogP contribution >= 0.6 is 0 Å². The van der Waals surface area contributed by atoms with Crippen molar-refractivity contribution in [2.75, 3.05) is 42.5 Å². The Morgan fingerprint density at radius 2 is 2.12 bits per heavy atom. The summed E-state index contributed by atoms with van der Waals surface area (Å²) in [6.07, 6.45) is 4.58. The quantitative estimate of drug-likeness (QED) is 0.815. The number of aromatic nitrogens is 2. The van der Waals surface area contributed by atoms with Gasteiger partial charge < -0.3 is 25.0 Å². The Hall–Kier alpha value is -2.09. The third-order valence-electron chi connectivity index (χ3n) is 5.17. The van der Waals surface area contributed by atoms with E-state index >= 15 is 0 Å². The highest BCUT2D eigenvalue weighted by molar-refractivity contribution is 5.70. The van der Waals surface area contributed by atoms with Gasteiger partial charge in [-0.2, -0.15) is 4.98 Å². The van der Waals surface area contributed by atoms with Gasteiger partial charge in [0.2, 0.25) is 5.95 Å². The number of aliphatic hydroxyl groups excluding tert-OH is 1. The molecule has 0 bridgehead atoms. The first-order valence-corrected chi connectivity index (χ1v) is 8.61. The molecule has 8 heteroatoms. The molecule has 1 aromatic heterocycles. The Balaban J connectivity index is 1.44. The van der Waals surface area contributed by atoms with Gasteiger partial charge in [0.1, 0.15) is 11.4 Å². The first-order chi connectivity index (χ1) is 11.6. The van der Waals surface area contributed by atoms with Crippen LogP contribution in [0.2, 0.25) is 0 Å². The number of hydrogen-bond acceptors (Lipinski definition) is 7. The number of nitrogens with one attached hydrogen (secondary N) is 1. The van der Waals surface area contributed by atoms with Gasteiger partial charge in [-0.3, -0.25) is 0 Å². The second-order valence-corrected chi connectivity index (χ2v) is 6.87. The summed E-state index contributed by atoms with van der Waals surface area (Å²) in [6, 6.07) is 1.90. The van der Waals surface area contributed by atoms with E-state index in [4.69, 9.17) is 9.72 Å². The van der Waals surface area contributed by atoms with Crippen LogP contribution in [0.25, 0.3) is 0 Å². The lowest BCUT2D eigenvalue weighted by atomic mass is 9.92. The van der Waals surface area contributed by atoms with Crippen LogP contribution in [0.4, 0.5) is 16.6 Å². The Kier molecular flexibility index (Phi) is 3.91. The maximum Gasteiger partial charge on any atom is 0.407 e. The second-order valence-electron chi connectivity index (χ2n) is 6.87. The summed E-state index contributed by atoms with van der Waals surface area (Å²) in [5.74, 6) is 1.58. The normalized spacial score (nSPS) is 26.4. The molecule has 2 N–H and O–H groups in total. The van der Waals surface area contributed by atoms with E-state index in [0.29, 0.717) is 19.0 Å². The fraction of sp³-hybridized carbons (Fsp3) is 0.688. The van der Waals surface area contributed by atoms with Gasteiger partial charge in [-0.25, -0.2) is 9.78 Å². The average Bonchev–Trinajstić information content (AvgIpc) is 2.96.